The molecule has 70 heavy (non-hydrogen) atoms. The summed E-state index contributed by atoms with van der Waals surface area (Å²) in [5.41, 5.74) is 0. The Morgan fingerprint density at radius 1 is 0.357 bits per heavy atom. The summed E-state index contributed by atoms with van der Waals surface area (Å²) >= 11 is 0. The van der Waals surface area contributed by atoms with Gasteiger partial charge in [-0.3, -0.25) is 4.79 Å². The van der Waals surface area contributed by atoms with Crippen molar-refractivity contribution in [2.24, 2.45) is 0 Å². The van der Waals surface area contributed by atoms with Crippen molar-refractivity contribution >= 4 is 5.91 Å². The van der Waals surface area contributed by atoms with Crippen molar-refractivity contribution < 1.29 is 15.0 Å². The maximum absolute atomic E-state index is 12.5. The van der Waals surface area contributed by atoms with Crippen molar-refractivity contribution in [1.29, 1.82) is 0 Å². The molecular formula is C66H119NO3. The largest absolute Gasteiger partial charge is 0.394 e. The van der Waals surface area contributed by atoms with E-state index in [0.29, 0.717) is 6.42 Å². The fourth-order valence-electron chi connectivity index (χ4n) is 9.22. The first kappa shape index (κ1) is 67.6. The minimum Gasteiger partial charge on any atom is -0.394 e. The van der Waals surface area contributed by atoms with E-state index in [-0.39, 0.29) is 12.5 Å². The van der Waals surface area contributed by atoms with Gasteiger partial charge < -0.3 is 15.5 Å². The molecule has 4 nitrogen and oxygen atoms in total. The molecule has 4 heteroatoms. The van der Waals surface area contributed by atoms with E-state index in [4.69, 9.17) is 0 Å². The number of aliphatic hydroxyl groups excluding tert-OH is 2. The molecule has 0 aliphatic rings. The lowest BCUT2D eigenvalue weighted by Gasteiger charge is -2.19. The summed E-state index contributed by atoms with van der Waals surface area (Å²) in [7, 11) is 0. The lowest BCUT2D eigenvalue weighted by Crippen LogP contribution is -2.45. The van der Waals surface area contributed by atoms with Crippen LogP contribution in [0, 0.1) is 0 Å². The zero-order chi connectivity index (χ0) is 50.6. The van der Waals surface area contributed by atoms with Gasteiger partial charge in [-0.2, -0.15) is 0 Å². The summed E-state index contributed by atoms with van der Waals surface area (Å²) in [5.74, 6) is -0.0703. The van der Waals surface area contributed by atoms with Gasteiger partial charge in [0, 0.05) is 6.42 Å². The quantitative estimate of drug-likeness (QED) is 0.0420. The molecule has 0 aromatic heterocycles. The van der Waals surface area contributed by atoms with Gasteiger partial charge in [0.25, 0.3) is 0 Å². The Morgan fingerprint density at radius 2 is 0.643 bits per heavy atom. The van der Waals surface area contributed by atoms with Gasteiger partial charge in [0.05, 0.1) is 18.8 Å². The second-order valence-corrected chi connectivity index (χ2v) is 20.7. The fourth-order valence-corrected chi connectivity index (χ4v) is 9.22. The molecule has 0 fully saturated rings. The second-order valence-electron chi connectivity index (χ2n) is 20.7. The van der Waals surface area contributed by atoms with Gasteiger partial charge in [0.2, 0.25) is 5.91 Å². The summed E-state index contributed by atoms with van der Waals surface area (Å²) in [6.45, 7) is 4.20. The molecule has 0 saturated heterocycles. The number of unbranched alkanes of at least 4 members (excludes halogenated alkanes) is 37. The van der Waals surface area contributed by atoms with Crippen LogP contribution in [-0.2, 0) is 4.79 Å². The summed E-state index contributed by atoms with van der Waals surface area (Å²) in [6.07, 6.45) is 89.2. The third kappa shape index (κ3) is 56.5. The Kier molecular flexibility index (Phi) is 58.8. The molecule has 0 saturated carbocycles. The Hall–Kier alpha value is -2.43. The second kappa shape index (κ2) is 60.9. The van der Waals surface area contributed by atoms with Crippen molar-refractivity contribution in [1.82, 2.24) is 5.32 Å². The molecule has 0 aromatic rings. The predicted molar refractivity (Wildman–Crippen MR) is 313 cm³/mol. The van der Waals surface area contributed by atoms with Gasteiger partial charge in [-0.15, -0.1) is 0 Å². The van der Waals surface area contributed by atoms with E-state index >= 15 is 0 Å². The molecule has 0 radical (unpaired) electrons. The molecular weight excluding hydrogens is 855 g/mol. The van der Waals surface area contributed by atoms with Crippen molar-refractivity contribution in [2.45, 2.75) is 321 Å². The molecule has 0 bridgehead atoms. The Balaban J connectivity index is 3.44. The highest BCUT2D eigenvalue weighted by Crippen LogP contribution is 2.17. The predicted octanol–water partition coefficient (Wildman–Crippen LogP) is 20.7. The van der Waals surface area contributed by atoms with E-state index < -0.39 is 12.1 Å². The van der Waals surface area contributed by atoms with Gasteiger partial charge in [0.15, 0.2) is 0 Å². The normalized spacial score (nSPS) is 13.4. The smallest absolute Gasteiger partial charge is 0.220 e. The highest BCUT2D eigenvalue weighted by Gasteiger charge is 2.18. The van der Waals surface area contributed by atoms with Gasteiger partial charge in [-0.1, -0.05) is 311 Å². The summed E-state index contributed by atoms with van der Waals surface area (Å²) in [6, 6.07) is -0.640. The number of amides is 1. The molecule has 0 rings (SSSR count). The Labute approximate surface area is 437 Å². The number of aliphatic hydroxyl groups is 2. The fraction of sp³-hybridized carbons (Fsp3) is 0.773. The third-order valence-corrected chi connectivity index (χ3v) is 13.9. The minimum absolute atomic E-state index is 0.0703. The van der Waals surface area contributed by atoms with Crippen LogP contribution in [0.4, 0.5) is 0 Å². The average Bonchev–Trinajstić information content (AvgIpc) is 3.36. The minimum atomic E-state index is -0.863. The van der Waals surface area contributed by atoms with E-state index in [1.54, 1.807) is 6.08 Å². The summed E-state index contributed by atoms with van der Waals surface area (Å²) in [5, 5.41) is 23.1. The highest BCUT2D eigenvalue weighted by molar-refractivity contribution is 5.76. The summed E-state index contributed by atoms with van der Waals surface area (Å²) in [4.78, 5) is 12.5. The van der Waals surface area contributed by atoms with E-state index in [0.717, 1.165) is 64.2 Å². The van der Waals surface area contributed by atoms with Crippen molar-refractivity contribution in [2.75, 3.05) is 6.61 Å². The first-order chi connectivity index (χ1) is 34.7. The molecule has 0 spiro atoms. The SMILES string of the molecule is CC/C=C\C/C=C\C/C=C\C/C=C\C/C=C\CCCCCCCCCCCCCCCCCCCCCCCCCCCC(=O)NC(CO)C(O)/C=C/CC/C=C/CCCCCCCCCCCCC. The lowest BCUT2D eigenvalue weighted by molar-refractivity contribution is -0.123. The van der Waals surface area contributed by atoms with Crippen LogP contribution in [0.5, 0.6) is 0 Å². The number of nitrogens with one attached hydrogen (secondary N) is 1. The molecule has 0 aliphatic heterocycles. The zero-order valence-electron chi connectivity index (χ0n) is 46.8. The summed E-state index contributed by atoms with van der Waals surface area (Å²) < 4.78 is 0. The monoisotopic (exact) mass is 974 g/mol. The van der Waals surface area contributed by atoms with Crippen molar-refractivity contribution in [3.8, 4) is 0 Å². The highest BCUT2D eigenvalue weighted by atomic mass is 16.3. The molecule has 2 atom stereocenters. The lowest BCUT2D eigenvalue weighted by atomic mass is 10.0. The van der Waals surface area contributed by atoms with Crippen LogP contribution in [0.3, 0.4) is 0 Å². The zero-order valence-corrected chi connectivity index (χ0v) is 46.8. The van der Waals surface area contributed by atoms with Crippen molar-refractivity contribution in [3.63, 3.8) is 0 Å². The number of hydrogen-bond donors (Lipinski definition) is 3. The molecule has 0 aliphatic carbocycles. The van der Waals surface area contributed by atoms with Crippen LogP contribution in [0.25, 0.3) is 0 Å². The first-order valence-electron chi connectivity index (χ1n) is 30.8. The topological polar surface area (TPSA) is 69.6 Å². The molecule has 406 valence electrons. The van der Waals surface area contributed by atoms with Crippen LogP contribution in [0.15, 0.2) is 85.1 Å². The number of carbonyl (C=O) groups is 1. The molecule has 0 heterocycles. The van der Waals surface area contributed by atoms with Crippen LogP contribution < -0.4 is 5.32 Å². The Bertz CT molecular complexity index is 1240. The number of rotatable bonds is 56. The standard InChI is InChI=1S/C66H119NO3/c1-3-5-7-9-11-13-15-17-19-21-22-23-24-25-26-27-28-29-30-31-32-33-34-35-36-37-38-39-40-41-42-43-44-46-48-50-52-54-56-58-60-62-66(70)67-64(63-68)65(69)61-59-57-55-53-51-49-47-45-20-18-16-14-12-10-8-6-4-2/h5,7,11,13,17,19,22-23,25-26,51,53,59,61,64-65,68-69H,3-4,6,8-10,12,14-16,18,20-21,24,27-50,52,54-58,60,62-63H2,1-2H3,(H,67,70)/b7-5-,13-11-,19-17-,23-22-,26-25-,53-51+,61-59+. The van der Waals surface area contributed by atoms with E-state index in [1.807, 2.05) is 6.08 Å². The van der Waals surface area contributed by atoms with Gasteiger partial charge in [-0.25, -0.2) is 0 Å². The van der Waals surface area contributed by atoms with E-state index in [2.05, 4.69) is 92.1 Å². The van der Waals surface area contributed by atoms with Crippen molar-refractivity contribution in [3.05, 3.63) is 85.1 Å². The average molecular weight is 975 g/mol. The van der Waals surface area contributed by atoms with Gasteiger partial charge >= 0.3 is 0 Å². The maximum Gasteiger partial charge on any atom is 0.220 e. The van der Waals surface area contributed by atoms with Crippen LogP contribution >= 0.6 is 0 Å². The number of allylic oxidation sites excluding steroid dienone is 13. The van der Waals surface area contributed by atoms with E-state index in [9.17, 15) is 15.0 Å². The molecule has 1 amide bonds. The Morgan fingerprint density at radius 3 is 1.00 bits per heavy atom. The number of carbonyl (C=O) groups excluding carboxylic acids is 1. The van der Waals surface area contributed by atoms with Gasteiger partial charge in [-0.05, 0) is 77.0 Å². The van der Waals surface area contributed by atoms with Gasteiger partial charge in [0.1, 0.15) is 0 Å². The number of hydrogen-bond acceptors (Lipinski definition) is 3. The first-order valence-corrected chi connectivity index (χ1v) is 30.8. The third-order valence-electron chi connectivity index (χ3n) is 13.9. The maximum atomic E-state index is 12.5. The molecule has 3 N–H and O–H groups in total. The molecule has 0 aromatic carbocycles. The van der Waals surface area contributed by atoms with Crippen LogP contribution in [-0.4, -0.2) is 34.9 Å². The molecule has 2 unspecified atom stereocenters. The van der Waals surface area contributed by atoms with Crippen LogP contribution in [0.2, 0.25) is 0 Å². The van der Waals surface area contributed by atoms with Crippen LogP contribution in [0.1, 0.15) is 309 Å². The van der Waals surface area contributed by atoms with E-state index in [1.165, 1.54) is 225 Å².